The number of rotatable bonds is 1. The molecule has 1 heterocycles. The van der Waals surface area contributed by atoms with Crippen molar-refractivity contribution in [3.8, 4) is 0 Å². The van der Waals surface area contributed by atoms with Crippen LogP contribution in [-0.2, 0) is 19.8 Å². The van der Waals surface area contributed by atoms with Crippen LogP contribution >= 0.6 is 0 Å². The maximum absolute atomic E-state index is 11.4. The molecule has 0 atom stereocenters. The summed E-state index contributed by atoms with van der Waals surface area (Å²) in [4.78, 5) is 11.7. The summed E-state index contributed by atoms with van der Waals surface area (Å²) in [6.45, 7) is 2.16. The van der Waals surface area contributed by atoms with Crippen LogP contribution in [0.5, 0.6) is 0 Å². The predicted octanol–water partition coefficient (Wildman–Crippen LogP) is 0.798. The average molecular weight is 238 g/mol. The molecular weight excluding hydrogens is 228 g/mol. The van der Waals surface area contributed by atoms with Gasteiger partial charge in [0.15, 0.2) is 0 Å². The average Bonchev–Trinajstić information content (AvgIpc) is 2.59. The first kappa shape index (κ1) is 10.9. The van der Waals surface area contributed by atoms with Crippen molar-refractivity contribution in [1.82, 2.24) is 0 Å². The zero-order valence-electron chi connectivity index (χ0n) is 8.69. The Hall–Kier alpha value is -1.62. The minimum Gasteiger partial charge on any atom is -0.458 e. The molecule has 0 aromatic carbocycles. The van der Waals surface area contributed by atoms with E-state index in [1.165, 1.54) is 6.08 Å². The summed E-state index contributed by atoms with van der Waals surface area (Å²) < 4.78 is 26.3. The highest BCUT2D eigenvalue weighted by Crippen LogP contribution is 2.25. The molecule has 0 radical (unpaired) electrons. The molecule has 0 saturated heterocycles. The topological polar surface area (TPSA) is 60.4 Å². The first-order chi connectivity index (χ1) is 7.59. The molecule has 0 fully saturated rings. The molecule has 0 amide bonds. The molecule has 0 bridgehead atoms. The summed E-state index contributed by atoms with van der Waals surface area (Å²) in [5.74, 6) is -0.333. The van der Waals surface area contributed by atoms with E-state index in [1.54, 1.807) is 12.2 Å². The first-order valence-electron chi connectivity index (χ1n) is 4.80. The number of hydrogen-bond donors (Lipinski definition) is 0. The van der Waals surface area contributed by atoms with E-state index in [1.807, 2.05) is 6.92 Å². The van der Waals surface area contributed by atoms with E-state index in [0.29, 0.717) is 23.5 Å². The molecule has 1 aliphatic carbocycles. The fourth-order valence-electron chi connectivity index (χ4n) is 1.69. The van der Waals surface area contributed by atoms with Gasteiger partial charge in [0.25, 0.3) is 0 Å². The smallest absolute Gasteiger partial charge is 0.339 e. The second kappa shape index (κ2) is 4.09. The maximum atomic E-state index is 11.4. The number of cyclic esters (lactones) is 1. The molecule has 0 N–H and O–H groups in total. The van der Waals surface area contributed by atoms with E-state index in [4.69, 9.17) is 4.74 Å². The lowest BCUT2D eigenvalue weighted by atomic mass is 9.97. The lowest BCUT2D eigenvalue weighted by Crippen LogP contribution is -2.05. The number of carbonyl (C=O) groups is 1. The summed E-state index contributed by atoms with van der Waals surface area (Å²) in [6, 6.07) is 0. The lowest BCUT2D eigenvalue weighted by Gasteiger charge is -2.06. The highest BCUT2D eigenvalue weighted by atomic mass is 32.2. The van der Waals surface area contributed by atoms with Gasteiger partial charge in [-0.25, -0.2) is 4.79 Å². The van der Waals surface area contributed by atoms with Crippen molar-refractivity contribution in [2.45, 2.75) is 13.3 Å². The van der Waals surface area contributed by atoms with Crippen LogP contribution in [0.25, 0.3) is 0 Å². The molecule has 0 spiro atoms. The fourth-order valence-corrected chi connectivity index (χ4v) is 2.09. The third-order valence-electron chi connectivity index (χ3n) is 2.53. The van der Waals surface area contributed by atoms with Crippen molar-refractivity contribution in [1.29, 1.82) is 0 Å². The Balaban J connectivity index is 2.35. The summed E-state index contributed by atoms with van der Waals surface area (Å²) in [5.41, 5.74) is 2.19. The van der Waals surface area contributed by atoms with Crippen LogP contribution in [0.4, 0.5) is 0 Å². The van der Waals surface area contributed by atoms with Gasteiger partial charge in [0.1, 0.15) is 6.61 Å². The number of allylic oxidation sites excluding steroid dienone is 3. The van der Waals surface area contributed by atoms with E-state index in [0.717, 1.165) is 11.1 Å². The summed E-state index contributed by atoms with van der Waals surface area (Å²) in [6.07, 6.45) is 5.22. The van der Waals surface area contributed by atoms with Crippen LogP contribution in [0, 0.1) is 0 Å². The van der Waals surface area contributed by atoms with Crippen LogP contribution in [-0.4, -0.2) is 25.9 Å². The van der Waals surface area contributed by atoms with E-state index in [9.17, 15) is 13.2 Å². The SMILES string of the molecule is CC1=C(C2=CCC(=S(=O)=O)C=C2)C(=O)OC1. The van der Waals surface area contributed by atoms with Crippen LogP contribution in [0.15, 0.2) is 34.9 Å². The van der Waals surface area contributed by atoms with Crippen molar-refractivity contribution in [2.75, 3.05) is 6.61 Å². The third-order valence-corrected chi connectivity index (χ3v) is 3.26. The van der Waals surface area contributed by atoms with E-state index >= 15 is 0 Å². The zero-order chi connectivity index (χ0) is 11.7. The fraction of sp³-hybridized carbons (Fsp3) is 0.273. The molecule has 5 heteroatoms. The highest BCUT2D eigenvalue weighted by molar-refractivity contribution is 7.73. The van der Waals surface area contributed by atoms with Gasteiger partial charge in [-0.3, -0.25) is 0 Å². The molecule has 2 rings (SSSR count). The van der Waals surface area contributed by atoms with E-state index in [-0.39, 0.29) is 5.97 Å². The van der Waals surface area contributed by atoms with Gasteiger partial charge in [0.05, 0.1) is 10.4 Å². The Bertz CT molecular complexity index is 565. The number of esters is 1. The normalized spacial score (nSPS) is 19.9. The van der Waals surface area contributed by atoms with Gasteiger partial charge in [-0.15, -0.1) is 0 Å². The molecular formula is C11H10O4S. The zero-order valence-corrected chi connectivity index (χ0v) is 9.50. The molecule has 16 heavy (non-hydrogen) atoms. The Morgan fingerprint density at radius 2 is 2.06 bits per heavy atom. The Morgan fingerprint density at radius 1 is 1.31 bits per heavy atom. The van der Waals surface area contributed by atoms with Crippen molar-refractivity contribution >= 4 is 21.1 Å². The highest BCUT2D eigenvalue weighted by Gasteiger charge is 2.24. The standard InChI is InChI=1S/C11H10O4S/c1-7-6-15-11(12)10(7)8-2-4-9(5-3-8)16(13)14/h2-4H,5-6H2,1H3. The second-order valence-corrected chi connectivity index (χ2v) is 4.62. The summed E-state index contributed by atoms with van der Waals surface area (Å²) >= 11 is 0. The van der Waals surface area contributed by atoms with Gasteiger partial charge < -0.3 is 4.74 Å². The minimum absolute atomic E-state index is 0.323. The number of ether oxygens (including phenoxy) is 1. The van der Waals surface area contributed by atoms with Crippen molar-refractivity contribution in [3.63, 3.8) is 0 Å². The summed E-state index contributed by atoms with van der Waals surface area (Å²) in [7, 11) is -2.18. The van der Waals surface area contributed by atoms with Crippen LogP contribution in [0.1, 0.15) is 13.3 Å². The van der Waals surface area contributed by atoms with Gasteiger partial charge in [-0.05, 0) is 24.1 Å². The van der Waals surface area contributed by atoms with Gasteiger partial charge in [-0.1, -0.05) is 12.2 Å². The minimum atomic E-state index is -2.18. The molecule has 0 aromatic rings. The first-order valence-corrected chi connectivity index (χ1v) is 5.87. The second-order valence-electron chi connectivity index (χ2n) is 3.63. The summed E-state index contributed by atoms with van der Waals surface area (Å²) in [5, 5.41) is 0. The third kappa shape index (κ3) is 1.86. The van der Waals surface area contributed by atoms with Gasteiger partial charge in [0, 0.05) is 6.42 Å². The van der Waals surface area contributed by atoms with E-state index in [2.05, 4.69) is 0 Å². The van der Waals surface area contributed by atoms with Crippen molar-refractivity contribution < 1.29 is 17.9 Å². The molecule has 0 saturated carbocycles. The Labute approximate surface area is 94.4 Å². The maximum Gasteiger partial charge on any atom is 0.339 e. The van der Waals surface area contributed by atoms with Crippen LogP contribution in [0.3, 0.4) is 0 Å². The Kier molecular flexibility index (Phi) is 2.78. The van der Waals surface area contributed by atoms with E-state index < -0.39 is 10.3 Å². The van der Waals surface area contributed by atoms with Crippen molar-refractivity contribution in [2.24, 2.45) is 0 Å². The van der Waals surface area contributed by atoms with Crippen molar-refractivity contribution in [3.05, 3.63) is 34.9 Å². The molecule has 0 unspecified atom stereocenters. The molecule has 0 aromatic heterocycles. The Morgan fingerprint density at radius 3 is 2.50 bits per heavy atom. The van der Waals surface area contributed by atoms with Crippen LogP contribution in [0.2, 0.25) is 0 Å². The van der Waals surface area contributed by atoms with Gasteiger partial charge in [-0.2, -0.15) is 8.42 Å². The lowest BCUT2D eigenvalue weighted by molar-refractivity contribution is -0.135. The van der Waals surface area contributed by atoms with Gasteiger partial charge >= 0.3 is 5.97 Å². The monoisotopic (exact) mass is 238 g/mol. The number of carbonyl (C=O) groups excluding carboxylic acids is 1. The quantitative estimate of drug-likeness (QED) is 0.500. The molecule has 2 aliphatic rings. The molecule has 84 valence electrons. The predicted molar refractivity (Wildman–Crippen MR) is 59.4 cm³/mol. The largest absolute Gasteiger partial charge is 0.458 e. The molecule has 4 nitrogen and oxygen atoms in total. The number of hydrogen-bond acceptors (Lipinski definition) is 4. The molecule has 1 aliphatic heterocycles. The van der Waals surface area contributed by atoms with Crippen LogP contribution < -0.4 is 0 Å². The van der Waals surface area contributed by atoms with Gasteiger partial charge in [0.2, 0.25) is 10.3 Å².